The van der Waals surface area contributed by atoms with Gasteiger partial charge < -0.3 is 10.1 Å². The number of halogens is 3. The molecule has 1 aliphatic heterocycles. The lowest BCUT2D eigenvalue weighted by Gasteiger charge is -2.09. The maximum absolute atomic E-state index is 12.4. The molecule has 2 aromatic carbocycles. The van der Waals surface area contributed by atoms with Crippen LogP contribution in [0.2, 0.25) is 0 Å². The fraction of sp³-hybridized carbons (Fsp3) is 0.200. The lowest BCUT2D eigenvalue weighted by Crippen LogP contribution is -2.19. The minimum Gasteiger partial charge on any atom is -0.492 e. The number of amides is 1. The van der Waals surface area contributed by atoms with Gasteiger partial charge in [-0.3, -0.25) is 4.79 Å². The molecule has 0 unspecified atom stereocenters. The van der Waals surface area contributed by atoms with Crippen LogP contribution in [0.25, 0.3) is 6.08 Å². The highest BCUT2D eigenvalue weighted by atomic mass is 79.9. The lowest BCUT2D eigenvalue weighted by molar-refractivity contribution is -0.115. The second kappa shape index (κ2) is 9.15. The van der Waals surface area contributed by atoms with Crippen molar-refractivity contribution in [1.29, 1.82) is 0 Å². The van der Waals surface area contributed by atoms with Crippen LogP contribution in [0.5, 0.6) is 5.75 Å². The van der Waals surface area contributed by atoms with Crippen molar-refractivity contribution >= 4 is 82.4 Å². The van der Waals surface area contributed by atoms with Gasteiger partial charge in [0.1, 0.15) is 5.75 Å². The molecule has 1 saturated heterocycles. The van der Waals surface area contributed by atoms with Gasteiger partial charge in [-0.15, -0.1) is 0 Å². The van der Waals surface area contributed by atoms with Gasteiger partial charge in [-0.05, 0) is 111 Å². The van der Waals surface area contributed by atoms with E-state index in [4.69, 9.17) is 4.74 Å². The van der Waals surface area contributed by atoms with E-state index in [1.165, 1.54) is 11.8 Å². The number of aryl methyl sites for hydroxylation is 2. The maximum atomic E-state index is 12.4. The Morgan fingerprint density at radius 2 is 1.71 bits per heavy atom. The number of carbonyl (C=O) groups is 1. The molecule has 146 valence electrons. The van der Waals surface area contributed by atoms with Gasteiger partial charge in [0, 0.05) is 4.47 Å². The minimum absolute atomic E-state index is 0.157. The number of hydrogen-bond acceptors (Lipinski definition) is 4. The van der Waals surface area contributed by atoms with Crippen LogP contribution in [0.15, 0.2) is 47.6 Å². The molecule has 0 bridgehead atoms. The first-order valence-electron chi connectivity index (χ1n) is 8.46. The molecule has 0 radical (unpaired) electrons. The number of hydrogen-bond donors (Lipinski definition) is 1. The molecular formula is C20H17Br3N2O2S. The first-order chi connectivity index (χ1) is 13.3. The molecule has 1 amide bonds. The Bertz CT molecular complexity index is 972. The molecule has 0 spiro atoms. The molecule has 1 fully saturated rings. The Labute approximate surface area is 193 Å². The van der Waals surface area contributed by atoms with Crippen LogP contribution in [0, 0.1) is 13.8 Å². The Balaban J connectivity index is 1.87. The predicted molar refractivity (Wildman–Crippen MR) is 127 cm³/mol. The zero-order valence-electron chi connectivity index (χ0n) is 15.4. The Morgan fingerprint density at radius 1 is 1.11 bits per heavy atom. The number of nitrogens with zero attached hydrogens (tertiary/aromatic N) is 1. The molecule has 0 atom stereocenters. The third-order valence-corrected chi connectivity index (χ3v) is 7.25. The van der Waals surface area contributed by atoms with E-state index in [1.807, 2.05) is 51.1 Å². The molecule has 2 aromatic rings. The van der Waals surface area contributed by atoms with Crippen molar-refractivity contribution < 1.29 is 9.53 Å². The van der Waals surface area contributed by atoms with Crippen LogP contribution < -0.4 is 10.1 Å². The summed E-state index contributed by atoms with van der Waals surface area (Å²) in [7, 11) is 0. The van der Waals surface area contributed by atoms with Crippen molar-refractivity contribution in [3.05, 3.63) is 59.3 Å². The van der Waals surface area contributed by atoms with Crippen LogP contribution >= 0.6 is 59.6 Å². The molecule has 0 aliphatic carbocycles. The third-order valence-electron chi connectivity index (χ3n) is 3.91. The quantitative estimate of drug-likeness (QED) is 0.396. The van der Waals surface area contributed by atoms with E-state index < -0.39 is 0 Å². The van der Waals surface area contributed by atoms with Crippen LogP contribution in [0.3, 0.4) is 0 Å². The summed E-state index contributed by atoms with van der Waals surface area (Å²) in [5, 5.41) is 3.40. The van der Waals surface area contributed by atoms with Gasteiger partial charge >= 0.3 is 0 Å². The number of carbonyl (C=O) groups excluding carboxylic acids is 1. The summed E-state index contributed by atoms with van der Waals surface area (Å²) >= 11 is 11.9. The number of amidine groups is 1. The number of thioether (sulfide) groups is 1. The van der Waals surface area contributed by atoms with E-state index in [2.05, 4.69) is 58.1 Å². The van der Waals surface area contributed by atoms with E-state index >= 15 is 0 Å². The van der Waals surface area contributed by atoms with Gasteiger partial charge in [-0.1, -0.05) is 15.9 Å². The largest absolute Gasteiger partial charge is 0.492 e. The summed E-state index contributed by atoms with van der Waals surface area (Å²) in [6.07, 6.45) is 1.84. The number of nitrogens with one attached hydrogen (secondary N) is 1. The predicted octanol–water partition coefficient (Wildman–Crippen LogP) is 6.88. The number of ether oxygens (including phenoxy) is 1. The second-order valence-corrected chi connectivity index (χ2v) is 9.65. The van der Waals surface area contributed by atoms with Crippen LogP contribution in [0.1, 0.15) is 23.6 Å². The first-order valence-corrected chi connectivity index (χ1v) is 11.7. The Kier molecular flexibility index (Phi) is 7.07. The van der Waals surface area contributed by atoms with Crippen molar-refractivity contribution in [1.82, 2.24) is 5.32 Å². The molecule has 1 heterocycles. The molecule has 1 aliphatic rings. The summed E-state index contributed by atoms with van der Waals surface area (Å²) in [6, 6.07) is 7.82. The summed E-state index contributed by atoms with van der Waals surface area (Å²) in [5.74, 6) is 0.590. The average Bonchev–Trinajstić information content (AvgIpc) is 2.95. The van der Waals surface area contributed by atoms with E-state index in [0.29, 0.717) is 16.7 Å². The molecule has 0 aromatic heterocycles. The topological polar surface area (TPSA) is 50.7 Å². The smallest absolute Gasteiger partial charge is 0.264 e. The summed E-state index contributed by atoms with van der Waals surface area (Å²) in [4.78, 5) is 17.5. The molecule has 0 saturated carbocycles. The Morgan fingerprint density at radius 3 is 2.29 bits per heavy atom. The van der Waals surface area contributed by atoms with Gasteiger partial charge in [0.15, 0.2) is 5.17 Å². The highest BCUT2D eigenvalue weighted by molar-refractivity contribution is 9.11. The lowest BCUT2D eigenvalue weighted by atomic mass is 10.1. The van der Waals surface area contributed by atoms with Gasteiger partial charge in [0.2, 0.25) is 0 Å². The van der Waals surface area contributed by atoms with Crippen molar-refractivity contribution in [2.24, 2.45) is 4.99 Å². The van der Waals surface area contributed by atoms with Crippen molar-refractivity contribution in [3.63, 3.8) is 0 Å². The number of rotatable bonds is 4. The number of benzene rings is 2. The molecule has 8 heteroatoms. The average molecular weight is 589 g/mol. The first kappa shape index (κ1) is 21.6. The monoisotopic (exact) mass is 586 g/mol. The van der Waals surface area contributed by atoms with Gasteiger partial charge in [-0.2, -0.15) is 0 Å². The molecule has 1 N–H and O–H groups in total. The second-order valence-electron chi connectivity index (χ2n) is 6.12. The fourth-order valence-corrected chi connectivity index (χ4v) is 5.20. The zero-order valence-corrected chi connectivity index (χ0v) is 21.0. The van der Waals surface area contributed by atoms with Crippen molar-refractivity contribution in [3.8, 4) is 5.75 Å². The molecule has 4 nitrogen and oxygen atoms in total. The molecule has 28 heavy (non-hydrogen) atoms. The summed E-state index contributed by atoms with van der Waals surface area (Å²) in [6.45, 7) is 6.55. The van der Waals surface area contributed by atoms with Crippen molar-refractivity contribution in [2.45, 2.75) is 20.8 Å². The van der Waals surface area contributed by atoms with E-state index in [9.17, 15) is 4.79 Å². The standard InChI is InChI=1S/C20H17Br3N2O2S/c1-4-27-18-14(21)7-12(8-15(18)22)9-16-19(26)25-20(28-16)24-13-5-10(2)17(23)11(3)6-13/h5-9H,4H2,1-3H3,(H,24,25,26)/b16-9-. The van der Waals surface area contributed by atoms with Crippen LogP contribution in [-0.2, 0) is 4.79 Å². The van der Waals surface area contributed by atoms with Crippen LogP contribution in [0.4, 0.5) is 5.69 Å². The summed E-state index contributed by atoms with van der Waals surface area (Å²) in [5.41, 5.74) is 3.91. The number of aliphatic imine (C=N–C) groups is 1. The highest BCUT2D eigenvalue weighted by Crippen LogP contribution is 2.37. The van der Waals surface area contributed by atoms with E-state index in [-0.39, 0.29) is 5.91 Å². The SMILES string of the molecule is CCOc1c(Br)cc(/C=C2\SC(=Nc3cc(C)c(Br)c(C)c3)NC2=O)cc1Br. The minimum atomic E-state index is -0.157. The van der Waals surface area contributed by atoms with E-state index in [0.717, 1.165) is 41.5 Å². The summed E-state index contributed by atoms with van der Waals surface area (Å²) < 4.78 is 8.33. The van der Waals surface area contributed by atoms with Gasteiger partial charge in [0.05, 0.1) is 26.1 Å². The molecule has 3 rings (SSSR count). The van der Waals surface area contributed by atoms with Gasteiger partial charge in [0.25, 0.3) is 5.91 Å². The maximum Gasteiger partial charge on any atom is 0.264 e. The van der Waals surface area contributed by atoms with Crippen LogP contribution in [-0.4, -0.2) is 17.7 Å². The molecular weight excluding hydrogens is 572 g/mol. The Hall–Kier alpha value is -1.09. The zero-order chi connectivity index (χ0) is 20.4. The van der Waals surface area contributed by atoms with Gasteiger partial charge in [-0.25, -0.2) is 4.99 Å². The fourth-order valence-electron chi connectivity index (χ4n) is 2.68. The van der Waals surface area contributed by atoms with Crippen molar-refractivity contribution in [2.75, 3.05) is 6.61 Å². The van der Waals surface area contributed by atoms with E-state index in [1.54, 1.807) is 0 Å². The highest BCUT2D eigenvalue weighted by Gasteiger charge is 2.24. The third kappa shape index (κ3) is 4.90. The normalized spacial score (nSPS) is 16.7.